The summed E-state index contributed by atoms with van der Waals surface area (Å²) in [6, 6.07) is 9.11. The predicted molar refractivity (Wildman–Crippen MR) is 163 cm³/mol. The van der Waals surface area contributed by atoms with Gasteiger partial charge in [0.25, 0.3) is 0 Å². The van der Waals surface area contributed by atoms with Gasteiger partial charge in [-0.3, -0.25) is 24.4 Å². The van der Waals surface area contributed by atoms with Crippen molar-refractivity contribution < 1.29 is 37.1 Å². The molecule has 1 aromatic carbocycles. The highest BCUT2D eigenvalue weighted by Gasteiger charge is 2.48. The highest BCUT2D eigenvalue weighted by atomic mass is 32.2. The first kappa shape index (κ1) is 34.9. The summed E-state index contributed by atoms with van der Waals surface area (Å²) in [4.78, 5) is 50.9. The number of anilines is 1. The van der Waals surface area contributed by atoms with Gasteiger partial charge in [0.1, 0.15) is 5.00 Å². The minimum atomic E-state index is -4.30. The molecule has 0 saturated carbocycles. The van der Waals surface area contributed by atoms with E-state index in [0.29, 0.717) is 16.5 Å². The molecule has 1 heterocycles. The quantitative estimate of drug-likeness (QED) is 0.195. The number of thiophene rings is 1. The van der Waals surface area contributed by atoms with Gasteiger partial charge < -0.3 is 14.8 Å². The summed E-state index contributed by atoms with van der Waals surface area (Å²) in [5, 5.41) is 4.63. The van der Waals surface area contributed by atoms with Crippen LogP contribution in [0.15, 0.2) is 30.3 Å². The molecule has 11 nitrogen and oxygen atoms in total. The monoisotopic (exact) mass is 623 g/mol. The maximum absolute atomic E-state index is 13.3. The number of sulfonamides is 1. The van der Waals surface area contributed by atoms with Crippen LogP contribution in [0.4, 0.5) is 9.80 Å². The van der Waals surface area contributed by atoms with Crippen molar-refractivity contribution in [3.05, 3.63) is 40.8 Å². The Kier molecular flexibility index (Phi) is 12.7. The first-order chi connectivity index (χ1) is 19.7. The Morgan fingerprint density at radius 1 is 0.976 bits per heavy atom. The Morgan fingerprint density at radius 2 is 1.62 bits per heavy atom. The van der Waals surface area contributed by atoms with Crippen LogP contribution in [0.2, 0.25) is 0 Å². The number of hydrogen-bond donors (Lipinski definition) is 3. The van der Waals surface area contributed by atoms with E-state index in [4.69, 9.17) is 4.74 Å². The number of rotatable bonds is 15. The van der Waals surface area contributed by atoms with Crippen LogP contribution >= 0.6 is 11.3 Å². The average Bonchev–Trinajstić information content (AvgIpc) is 3.32. The molecular weight excluding hydrogens is 582 g/mol. The third-order valence-corrected chi connectivity index (χ3v) is 8.93. The smallest absolute Gasteiger partial charge is 0.357 e. The molecule has 1 aromatic heterocycles. The predicted octanol–water partition coefficient (Wildman–Crippen LogP) is 4.26. The van der Waals surface area contributed by atoms with E-state index >= 15 is 0 Å². The number of Topliss-reactive ketones (excluding diaryl/α,β-unsaturated/α-hetero) is 1. The molecule has 1 amide bonds. The van der Waals surface area contributed by atoms with Gasteiger partial charge >= 0.3 is 27.2 Å². The van der Waals surface area contributed by atoms with Crippen molar-refractivity contribution in [2.75, 3.05) is 25.5 Å². The second-order valence-corrected chi connectivity index (χ2v) is 13.2. The third-order valence-electron chi connectivity index (χ3n) is 6.62. The topological polar surface area (TPSA) is 157 Å². The number of ketones is 1. The van der Waals surface area contributed by atoms with Crippen molar-refractivity contribution >= 4 is 49.3 Å². The number of carbonyl (C=O) groups is 4. The maximum Gasteiger partial charge on any atom is 0.357 e. The Labute approximate surface area is 251 Å². The first-order valence-electron chi connectivity index (χ1n) is 13.7. The highest BCUT2D eigenvalue weighted by Crippen LogP contribution is 2.38. The van der Waals surface area contributed by atoms with Crippen LogP contribution in [0.1, 0.15) is 57.9 Å². The van der Waals surface area contributed by atoms with Crippen molar-refractivity contribution in [3.63, 3.8) is 0 Å². The highest BCUT2D eigenvalue weighted by molar-refractivity contribution is 8.07. The molecule has 2 aromatic rings. The van der Waals surface area contributed by atoms with Crippen molar-refractivity contribution in [1.82, 2.24) is 10.6 Å². The summed E-state index contributed by atoms with van der Waals surface area (Å²) in [5.74, 6) is -1.93. The normalized spacial score (nSPS) is 13.0. The van der Waals surface area contributed by atoms with Gasteiger partial charge in [0.05, 0.1) is 20.6 Å². The van der Waals surface area contributed by atoms with Crippen LogP contribution in [-0.4, -0.2) is 57.7 Å². The molecule has 1 atom stereocenters. The standard InChI is InChI=1S/C29H41N3O8S2/c1-8-30-28(36)42(37,38)32-26-23(16-22(41-26)15-18(2)3)21-11-9-20(10-12-21)17-31-29(19(4)5,27(35)40-7)24(33)13-14-25(34)39-6/h9-12,16,18-19,31-32H,8,13-15,17H2,1-7H3,(H,30,36). The lowest BCUT2D eigenvalue weighted by molar-refractivity contribution is -0.157. The van der Waals surface area contributed by atoms with Gasteiger partial charge in [-0.15, -0.1) is 11.3 Å². The Hall–Kier alpha value is -3.29. The van der Waals surface area contributed by atoms with Crippen LogP contribution in [0.5, 0.6) is 0 Å². The number of carbonyl (C=O) groups excluding carboxylic acids is 4. The molecule has 42 heavy (non-hydrogen) atoms. The lowest BCUT2D eigenvalue weighted by atomic mass is 9.80. The zero-order valence-electron chi connectivity index (χ0n) is 25.2. The lowest BCUT2D eigenvalue weighted by Crippen LogP contribution is -2.62. The zero-order valence-corrected chi connectivity index (χ0v) is 26.8. The molecule has 0 saturated heterocycles. The summed E-state index contributed by atoms with van der Waals surface area (Å²) in [7, 11) is -1.86. The molecular formula is C29H41N3O8S2. The summed E-state index contributed by atoms with van der Waals surface area (Å²) in [6.07, 6.45) is 0.373. The molecule has 0 aliphatic rings. The van der Waals surface area contributed by atoms with Crippen LogP contribution in [0, 0.1) is 11.8 Å². The molecule has 0 spiro atoms. The summed E-state index contributed by atoms with van der Waals surface area (Å²) >= 11 is 1.28. The van der Waals surface area contributed by atoms with Gasteiger partial charge in [-0.1, -0.05) is 52.0 Å². The molecule has 13 heteroatoms. The maximum atomic E-state index is 13.3. The van der Waals surface area contributed by atoms with E-state index in [-0.39, 0.29) is 25.9 Å². The molecule has 1 unspecified atom stereocenters. The van der Waals surface area contributed by atoms with Gasteiger partial charge in [0.2, 0.25) is 0 Å². The van der Waals surface area contributed by atoms with Gasteiger partial charge in [0.15, 0.2) is 11.3 Å². The van der Waals surface area contributed by atoms with Gasteiger partial charge in [-0.25, -0.2) is 4.79 Å². The minimum absolute atomic E-state index is 0.135. The number of hydrogen-bond acceptors (Lipinski definition) is 10. The van der Waals surface area contributed by atoms with Crippen molar-refractivity contribution in [3.8, 4) is 11.1 Å². The molecule has 232 valence electrons. The Morgan fingerprint density at radius 3 is 2.14 bits per heavy atom. The zero-order chi connectivity index (χ0) is 31.7. The number of ether oxygens (including phenoxy) is 2. The summed E-state index contributed by atoms with van der Waals surface area (Å²) in [6.45, 7) is 9.51. The number of benzene rings is 1. The second-order valence-electron chi connectivity index (χ2n) is 10.5. The number of nitrogens with one attached hydrogen (secondary N) is 3. The average molecular weight is 624 g/mol. The largest absolute Gasteiger partial charge is 0.469 e. The summed E-state index contributed by atoms with van der Waals surface area (Å²) < 4.78 is 37.3. The van der Waals surface area contributed by atoms with Gasteiger partial charge in [-0.05, 0) is 42.4 Å². The minimum Gasteiger partial charge on any atom is -0.469 e. The van der Waals surface area contributed by atoms with Crippen LogP contribution in [0.3, 0.4) is 0 Å². The fourth-order valence-electron chi connectivity index (χ4n) is 4.41. The molecule has 0 aliphatic heterocycles. The fourth-order valence-corrected chi connectivity index (χ4v) is 6.83. The summed E-state index contributed by atoms with van der Waals surface area (Å²) in [5.41, 5.74) is 0.420. The third kappa shape index (κ3) is 8.62. The van der Waals surface area contributed by atoms with E-state index in [0.717, 1.165) is 22.4 Å². The van der Waals surface area contributed by atoms with Crippen molar-refractivity contribution in [2.45, 2.75) is 66.0 Å². The van der Waals surface area contributed by atoms with Crippen LogP contribution < -0.4 is 15.4 Å². The number of amides is 1. The molecule has 0 fully saturated rings. The van der Waals surface area contributed by atoms with Crippen LogP contribution in [-0.2, 0) is 46.8 Å². The molecule has 0 aliphatic carbocycles. The first-order valence-corrected chi connectivity index (χ1v) is 16.0. The van der Waals surface area contributed by atoms with Gasteiger partial charge in [0, 0.05) is 30.0 Å². The van der Waals surface area contributed by atoms with E-state index in [2.05, 4.69) is 33.9 Å². The molecule has 0 bridgehead atoms. The number of methoxy groups -OCH3 is 2. The second kappa shape index (κ2) is 15.3. The number of esters is 2. The van der Waals surface area contributed by atoms with E-state index in [1.165, 1.54) is 25.6 Å². The molecule has 0 radical (unpaired) electrons. The van der Waals surface area contributed by atoms with Gasteiger partial charge in [-0.2, -0.15) is 8.42 Å². The van der Waals surface area contributed by atoms with E-state index in [9.17, 15) is 27.6 Å². The van der Waals surface area contributed by atoms with Crippen LogP contribution in [0.25, 0.3) is 11.1 Å². The van der Waals surface area contributed by atoms with E-state index in [1.54, 1.807) is 45.0 Å². The molecule has 3 N–H and O–H groups in total. The Balaban J connectivity index is 2.37. The Bertz CT molecular complexity index is 1370. The lowest BCUT2D eigenvalue weighted by Gasteiger charge is -2.34. The van der Waals surface area contributed by atoms with Crippen molar-refractivity contribution in [2.24, 2.45) is 11.8 Å². The van der Waals surface area contributed by atoms with E-state index < -0.39 is 44.4 Å². The molecule has 2 rings (SSSR count). The SMILES string of the molecule is CCNC(=O)S(=O)(=O)Nc1sc(CC(C)C)cc1-c1ccc(CNC(C(=O)CCC(=O)OC)(C(=O)OC)C(C)C)cc1. The fraction of sp³-hybridized carbons (Fsp3) is 0.517. The van der Waals surface area contributed by atoms with Crippen molar-refractivity contribution in [1.29, 1.82) is 0 Å². The van der Waals surface area contributed by atoms with E-state index in [1.807, 2.05) is 6.07 Å².